The standard InChI is InChI=1S/C40H65NO12PS/c1-37(2,3)50-36(43)41(25-17-11-12-18-26-47-27-19-16-22-31-20-14-13-15-21-31)29-34(42)32-23-24-35(33(28-32)30-48-55(10,45)46)49-40(53-54-44,51-38(4,5)6)52-39(7,8)9/h13-15,20-21,23-24,28,34,42,54H,11-12,16-19,22,25-27,29-30H2,1-10H3/q+1. The number of aliphatic hydroxyl groups is 1. The van der Waals surface area contributed by atoms with Crippen molar-refractivity contribution in [3.63, 3.8) is 0 Å². The summed E-state index contributed by atoms with van der Waals surface area (Å²) in [7, 11) is -5.25. The van der Waals surface area contributed by atoms with Crippen molar-refractivity contribution in [2.75, 3.05) is 32.6 Å². The number of benzene rings is 2. The fraction of sp³-hybridized carbons (Fsp3) is 0.675. The van der Waals surface area contributed by atoms with E-state index in [0.717, 1.165) is 51.4 Å². The molecule has 1 amide bonds. The number of carbonyl (C=O) groups is 1. The Balaban J connectivity index is 2.15. The quantitative estimate of drug-likeness (QED) is 0.0467. The van der Waals surface area contributed by atoms with Gasteiger partial charge in [-0.15, -0.1) is 0 Å². The second-order valence-corrected chi connectivity index (χ2v) is 18.5. The van der Waals surface area contributed by atoms with Gasteiger partial charge in [0.05, 0.1) is 36.7 Å². The van der Waals surface area contributed by atoms with Gasteiger partial charge >= 0.3 is 20.9 Å². The Morgan fingerprint density at radius 2 is 1.42 bits per heavy atom. The predicted molar refractivity (Wildman–Crippen MR) is 213 cm³/mol. The van der Waals surface area contributed by atoms with Crippen LogP contribution in [0.2, 0.25) is 0 Å². The molecule has 312 valence electrons. The average Bonchev–Trinajstić information content (AvgIpc) is 3.03. The first-order chi connectivity index (χ1) is 25.5. The fourth-order valence-corrected chi connectivity index (χ4v) is 5.86. The first kappa shape index (κ1) is 48.5. The number of amides is 1. The van der Waals surface area contributed by atoms with Gasteiger partial charge in [-0.25, -0.2) is 4.79 Å². The molecule has 0 aliphatic carbocycles. The summed E-state index contributed by atoms with van der Waals surface area (Å²) < 4.78 is 76.1. The van der Waals surface area contributed by atoms with Crippen molar-refractivity contribution in [2.24, 2.45) is 0 Å². The van der Waals surface area contributed by atoms with Crippen LogP contribution in [-0.4, -0.2) is 80.0 Å². The number of ether oxygens (including phenoxy) is 5. The third-order valence-corrected chi connectivity index (χ3v) is 8.40. The average molecular weight is 815 g/mol. The normalized spacial score (nSPS) is 13.5. The molecule has 0 bridgehead atoms. The zero-order chi connectivity index (χ0) is 41.3. The second-order valence-electron chi connectivity index (χ2n) is 16.5. The zero-order valence-electron chi connectivity index (χ0n) is 34.5. The van der Waals surface area contributed by atoms with Crippen LogP contribution in [0.25, 0.3) is 0 Å². The molecule has 0 aliphatic rings. The summed E-state index contributed by atoms with van der Waals surface area (Å²) in [6, 6.07) is 14.9. The lowest BCUT2D eigenvalue weighted by Crippen LogP contribution is -2.51. The Morgan fingerprint density at radius 3 is 1.98 bits per heavy atom. The molecule has 0 spiro atoms. The number of hydrogen-bond donors (Lipinski definition) is 1. The van der Waals surface area contributed by atoms with E-state index >= 15 is 0 Å². The zero-order valence-corrected chi connectivity index (χ0v) is 36.3. The van der Waals surface area contributed by atoms with E-state index in [9.17, 15) is 22.9 Å². The van der Waals surface area contributed by atoms with Crippen LogP contribution in [0.5, 0.6) is 5.75 Å². The Kier molecular flexibility index (Phi) is 19.7. The molecular formula is C40H65NO12PS+. The molecule has 0 fully saturated rings. The van der Waals surface area contributed by atoms with Crippen LogP contribution in [0, 0.1) is 0 Å². The maximum atomic E-state index is 13.3. The maximum Gasteiger partial charge on any atom is 0.504 e. The van der Waals surface area contributed by atoms with Gasteiger partial charge in [-0.1, -0.05) is 49.2 Å². The Bertz CT molecular complexity index is 1540. The highest BCUT2D eigenvalue weighted by molar-refractivity contribution is 7.85. The summed E-state index contributed by atoms with van der Waals surface area (Å²) in [5, 5.41) is 11.5. The van der Waals surface area contributed by atoms with E-state index < -0.39 is 60.6 Å². The molecule has 55 heavy (non-hydrogen) atoms. The minimum Gasteiger partial charge on any atom is -0.444 e. The summed E-state index contributed by atoms with van der Waals surface area (Å²) in [5.74, 6) is 0.0199. The highest BCUT2D eigenvalue weighted by atomic mass is 32.2. The molecule has 2 unspecified atom stereocenters. The fourth-order valence-electron chi connectivity index (χ4n) is 5.29. The SMILES string of the molecule is CC(C)(C)OC(=O)N(CCCCCCOCCCCc1ccccc1)CC(O)c1ccc(OC(O[PH+]=O)(OC(C)(C)C)OC(C)(C)C)c(COS(C)(=O)=O)c1. The number of nitrogens with zero attached hydrogens (tertiary/aromatic N) is 1. The van der Waals surface area contributed by atoms with E-state index in [0.29, 0.717) is 25.1 Å². The van der Waals surface area contributed by atoms with Crippen LogP contribution in [0.4, 0.5) is 4.79 Å². The molecule has 2 aromatic carbocycles. The topological polar surface area (TPSA) is 156 Å². The van der Waals surface area contributed by atoms with Crippen molar-refractivity contribution in [3.05, 3.63) is 65.2 Å². The van der Waals surface area contributed by atoms with Crippen molar-refractivity contribution in [1.82, 2.24) is 4.90 Å². The summed E-state index contributed by atoms with van der Waals surface area (Å²) >= 11 is 0. The van der Waals surface area contributed by atoms with Crippen molar-refractivity contribution < 1.29 is 55.3 Å². The molecule has 15 heteroatoms. The molecule has 0 radical (unpaired) electrons. The molecule has 0 aromatic heterocycles. The summed E-state index contributed by atoms with van der Waals surface area (Å²) in [6.07, 6.45) is 3.35. The summed E-state index contributed by atoms with van der Waals surface area (Å²) in [5.41, 5.74) is -0.706. The lowest BCUT2D eigenvalue weighted by Gasteiger charge is -2.37. The molecule has 1 N–H and O–H groups in total. The monoisotopic (exact) mass is 814 g/mol. The van der Waals surface area contributed by atoms with Crippen LogP contribution in [-0.2, 0) is 55.4 Å². The number of rotatable bonds is 24. The first-order valence-electron chi connectivity index (χ1n) is 18.9. The molecular weight excluding hydrogens is 749 g/mol. The number of aryl methyl sites for hydroxylation is 1. The van der Waals surface area contributed by atoms with Crippen molar-refractivity contribution >= 4 is 24.9 Å². The lowest BCUT2D eigenvalue weighted by molar-refractivity contribution is -0.478. The van der Waals surface area contributed by atoms with Gasteiger partial charge in [-0.2, -0.15) is 8.42 Å². The van der Waals surface area contributed by atoms with Crippen LogP contribution in [0.15, 0.2) is 48.5 Å². The van der Waals surface area contributed by atoms with Gasteiger partial charge in [-0.05, 0) is 127 Å². The second kappa shape index (κ2) is 22.3. The lowest BCUT2D eigenvalue weighted by atomic mass is 10.0. The third-order valence-electron chi connectivity index (χ3n) is 7.52. The van der Waals surface area contributed by atoms with Gasteiger partial charge in [0, 0.05) is 25.3 Å². The third kappa shape index (κ3) is 21.4. The van der Waals surface area contributed by atoms with Crippen LogP contribution in [0.1, 0.15) is 124 Å². The molecule has 2 aromatic rings. The largest absolute Gasteiger partial charge is 0.504 e. The highest BCUT2D eigenvalue weighted by Crippen LogP contribution is 2.36. The van der Waals surface area contributed by atoms with Crippen molar-refractivity contribution in [2.45, 2.75) is 143 Å². The summed E-state index contributed by atoms with van der Waals surface area (Å²) in [6.45, 7) is 16.9. The maximum absolute atomic E-state index is 13.3. The number of aliphatic hydroxyl groups excluding tert-OH is 1. The molecule has 2 rings (SSSR count). The molecule has 0 saturated carbocycles. The summed E-state index contributed by atoms with van der Waals surface area (Å²) in [4.78, 5) is 14.8. The van der Waals surface area contributed by atoms with E-state index in [4.69, 9.17) is 32.4 Å². The smallest absolute Gasteiger partial charge is 0.444 e. The van der Waals surface area contributed by atoms with E-state index in [-0.39, 0.29) is 17.9 Å². The van der Waals surface area contributed by atoms with Gasteiger partial charge in [0.2, 0.25) is 0 Å². The van der Waals surface area contributed by atoms with Gasteiger partial charge in [-0.3, -0.25) is 13.7 Å². The molecule has 0 heterocycles. The minimum absolute atomic E-state index is 0.0199. The first-order valence-corrected chi connectivity index (χ1v) is 21.5. The van der Waals surface area contributed by atoms with E-state index in [1.165, 1.54) is 22.6 Å². The number of hydrogen-bond acceptors (Lipinski definition) is 12. The van der Waals surface area contributed by atoms with Crippen LogP contribution in [0.3, 0.4) is 0 Å². The Morgan fingerprint density at radius 1 is 0.818 bits per heavy atom. The van der Waals surface area contributed by atoms with E-state index in [2.05, 4.69) is 24.3 Å². The molecule has 13 nitrogen and oxygen atoms in total. The van der Waals surface area contributed by atoms with Crippen molar-refractivity contribution in [3.8, 4) is 5.75 Å². The predicted octanol–water partition coefficient (Wildman–Crippen LogP) is 8.61. The van der Waals surface area contributed by atoms with E-state index in [1.807, 2.05) is 6.07 Å². The molecule has 2 atom stereocenters. The Labute approximate surface area is 330 Å². The Hall–Kier alpha value is -2.68. The minimum atomic E-state index is -3.90. The number of carbonyl (C=O) groups excluding carboxylic acids is 1. The van der Waals surface area contributed by atoms with E-state index in [1.54, 1.807) is 68.4 Å². The van der Waals surface area contributed by atoms with Crippen LogP contribution < -0.4 is 4.74 Å². The molecule has 0 aliphatic heterocycles. The van der Waals surface area contributed by atoms with Gasteiger partial charge in [0.15, 0.2) is 0 Å². The molecule has 0 saturated heterocycles. The highest BCUT2D eigenvalue weighted by Gasteiger charge is 2.49. The number of unbranched alkanes of at least 4 members (excludes halogenated alkanes) is 4. The van der Waals surface area contributed by atoms with Gasteiger partial charge < -0.3 is 24.2 Å². The van der Waals surface area contributed by atoms with Gasteiger partial charge in [0.1, 0.15) is 11.4 Å². The van der Waals surface area contributed by atoms with Gasteiger partial charge in [0.25, 0.3) is 10.1 Å². The van der Waals surface area contributed by atoms with Crippen LogP contribution >= 0.6 is 8.69 Å². The van der Waals surface area contributed by atoms with Crippen molar-refractivity contribution in [1.29, 1.82) is 0 Å².